The molecule has 0 atom stereocenters. The van der Waals surface area contributed by atoms with E-state index in [0.29, 0.717) is 19.7 Å². The van der Waals surface area contributed by atoms with Crippen LogP contribution in [-0.2, 0) is 13.1 Å². The van der Waals surface area contributed by atoms with Gasteiger partial charge >= 0.3 is 6.03 Å². The standard InChI is InChI=1S/C18H22N2O3/c1-3-23-16-9-7-14(8-10-16)12-19-18(21)20-13-15-5-4-6-17(11-15)22-2/h4-11H,3,12-13H2,1-2H3,(H2,19,20,21). The van der Waals surface area contributed by atoms with E-state index in [1.165, 1.54) is 0 Å². The summed E-state index contributed by atoms with van der Waals surface area (Å²) in [6.07, 6.45) is 0. The number of methoxy groups -OCH3 is 1. The van der Waals surface area contributed by atoms with E-state index in [0.717, 1.165) is 22.6 Å². The first kappa shape index (κ1) is 16.7. The molecule has 0 heterocycles. The van der Waals surface area contributed by atoms with Gasteiger partial charge in [0.25, 0.3) is 0 Å². The van der Waals surface area contributed by atoms with Gasteiger partial charge in [0, 0.05) is 13.1 Å². The Bertz CT molecular complexity index is 626. The first-order valence-electron chi connectivity index (χ1n) is 7.57. The number of carbonyl (C=O) groups excluding carboxylic acids is 1. The minimum atomic E-state index is -0.207. The van der Waals surface area contributed by atoms with E-state index in [1.54, 1.807) is 7.11 Å². The van der Waals surface area contributed by atoms with E-state index < -0.39 is 0 Å². The Morgan fingerprint density at radius 1 is 0.957 bits per heavy atom. The quantitative estimate of drug-likeness (QED) is 0.825. The third-order valence-corrected chi connectivity index (χ3v) is 3.27. The molecule has 0 fully saturated rings. The van der Waals surface area contributed by atoms with Gasteiger partial charge in [-0.1, -0.05) is 24.3 Å². The number of hydrogen-bond donors (Lipinski definition) is 2. The molecule has 2 aromatic rings. The monoisotopic (exact) mass is 314 g/mol. The summed E-state index contributed by atoms with van der Waals surface area (Å²) in [5.41, 5.74) is 2.01. The highest BCUT2D eigenvalue weighted by Crippen LogP contribution is 2.13. The lowest BCUT2D eigenvalue weighted by atomic mass is 10.2. The minimum Gasteiger partial charge on any atom is -0.497 e. The zero-order valence-electron chi connectivity index (χ0n) is 13.5. The number of urea groups is 1. The van der Waals surface area contributed by atoms with Gasteiger partial charge in [-0.3, -0.25) is 0 Å². The molecule has 0 spiro atoms. The van der Waals surface area contributed by atoms with E-state index in [-0.39, 0.29) is 6.03 Å². The Labute approximate surface area is 136 Å². The lowest BCUT2D eigenvalue weighted by Crippen LogP contribution is -2.34. The van der Waals surface area contributed by atoms with Gasteiger partial charge in [0.2, 0.25) is 0 Å². The van der Waals surface area contributed by atoms with Crippen molar-refractivity contribution in [2.24, 2.45) is 0 Å². The second-order valence-electron chi connectivity index (χ2n) is 4.96. The molecule has 2 rings (SSSR count). The molecule has 0 saturated heterocycles. The molecule has 0 bridgehead atoms. The predicted molar refractivity (Wildman–Crippen MR) is 89.7 cm³/mol. The van der Waals surface area contributed by atoms with Crippen molar-refractivity contribution >= 4 is 6.03 Å². The maximum atomic E-state index is 11.8. The molecule has 122 valence electrons. The number of rotatable bonds is 7. The van der Waals surface area contributed by atoms with Crippen molar-refractivity contribution in [1.82, 2.24) is 10.6 Å². The van der Waals surface area contributed by atoms with Crippen LogP contribution in [0.25, 0.3) is 0 Å². The Balaban J connectivity index is 1.76. The molecular weight excluding hydrogens is 292 g/mol. The van der Waals surface area contributed by atoms with E-state index >= 15 is 0 Å². The van der Waals surface area contributed by atoms with Gasteiger partial charge < -0.3 is 20.1 Å². The van der Waals surface area contributed by atoms with Crippen LogP contribution in [0, 0.1) is 0 Å². The smallest absolute Gasteiger partial charge is 0.315 e. The highest BCUT2D eigenvalue weighted by atomic mass is 16.5. The second kappa shape index (κ2) is 8.68. The molecule has 5 nitrogen and oxygen atoms in total. The van der Waals surface area contributed by atoms with Crippen LogP contribution >= 0.6 is 0 Å². The summed E-state index contributed by atoms with van der Waals surface area (Å²) < 4.78 is 10.5. The average Bonchev–Trinajstić information content (AvgIpc) is 2.60. The molecule has 0 aliphatic carbocycles. The third kappa shape index (κ3) is 5.54. The predicted octanol–water partition coefficient (Wildman–Crippen LogP) is 3.09. The normalized spacial score (nSPS) is 10.0. The Kier molecular flexibility index (Phi) is 6.29. The Hall–Kier alpha value is -2.69. The van der Waals surface area contributed by atoms with E-state index in [4.69, 9.17) is 9.47 Å². The fourth-order valence-corrected chi connectivity index (χ4v) is 2.08. The van der Waals surface area contributed by atoms with Crippen molar-refractivity contribution < 1.29 is 14.3 Å². The van der Waals surface area contributed by atoms with Gasteiger partial charge in [0.05, 0.1) is 13.7 Å². The highest BCUT2D eigenvalue weighted by Gasteiger charge is 2.02. The number of benzene rings is 2. The largest absolute Gasteiger partial charge is 0.497 e. The zero-order chi connectivity index (χ0) is 16.5. The van der Waals surface area contributed by atoms with Crippen molar-refractivity contribution in [2.45, 2.75) is 20.0 Å². The molecule has 5 heteroatoms. The summed E-state index contributed by atoms with van der Waals surface area (Å²) in [6.45, 7) is 3.51. The first-order chi connectivity index (χ1) is 11.2. The van der Waals surface area contributed by atoms with E-state index in [2.05, 4.69) is 10.6 Å². The molecular formula is C18H22N2O3. The maximum absolute atomic E-state index is 11.8. The summed E-state index contributed by atoms with van der Waals surface area (Å²) in [6, 6.07) is 15.1. The van der Waals surface area contributed by atoms with Crippen molar-refractivity contribution in [3.8, 4) is 11.5 Å². The fourth-order valence-electron chi connectivity index (χ4n) is 2.08. The molecule has 0 aliphatic rings. The molecule has 0 aliphatic heterocycles. The van der Waals surface area contributed by atoms with Crippen molar-refractivity contribution in [1.29, 1.82) is 0 Å². The lowest BCUT2D eigenvalue weighted by molar-refractivity contribution is 0.240. The number of amides is 2. The second-order valence-corrected chi connectivity index (χ2v) is 4.96. The molecule has 2 N–H and O–H groups in total. The number of nitrogens with one attached hydrogen (secondary N) is 2. The SMILES string of the molecule is CCOc1ccc(CNC(=O)NCc2cccc(OC)c2)cc1. The van der Waals surface area contributed by atoms with Crippen molar-refractivity contribution in [3.05, 3.63) is 59.7 Å². The number of hydrogen-bond acceptors (Lipinski definition) is 3. The maximum Gasteiger partial charge on any atom is 0.315 e. The third-order valence-electron chi connectivity index (χ3n) is 3.27. The fraction of sp³-hybridized carbons (Fsp3) is 0.278. The molecule has 0 radical (unpaired) electrons. The molecule has 0 aromatic heterocycles. The van der Waals surface area contributed by atoms with Crippen LogP contribution in [0.5, 0.6) is 11.5 Å². The zero-order valence-corrected chi connectivity index (χ0v) is 13.5. The summed E-state index contributed by atoms with van der Waals surface area (Å²) in [4.78, 5) is 11.8. The Morgan fingerprint density at radius 2 is 1.65 bits per heavy atom. The van der Waals surface area contributed by atoms with Crippen LogP contribution in [0.1, 0.15) is 18.1 Å². The van der Waals surface area contributed by atoms with Crippen LogP contribution in [0.2, 0.25) is 0 Å². The summed E-state index contributed by atoms with van der Waals surface area (Å²) in [5, 5.41) is 5.65. The Morgan fingerprint density at radius 3 is 2.30 bits per heavy atom. The highest BCUT2D eigenvalue weighted by molar-refractivity contribution is 5.73. The average molecular weight is 314 g/mol. The topological polar surface area (TPSA) is 59.6 Å². The number of ether oxygens (including phenoxy) is 2. The van der Waals surface area contributed by atoms with Crippen LogP contribution in [0.4, 0.5) is 4.79 Å². The van der Waals surface area contributed by atoms with Gasteiger partial charge in [-0.05, 0) is 42.3 Å². The number of carbonyl (C=O) groups is 1. The van der Waals surface area contributed by atoms with Gasteiger partial charge in [-0.15, -0.1) is 0 Å². The van der Waals surface area contributed by atoms with Gasteiger partial charge in [0.1, 0.15) is 11.5 Å². The molecule has 2 amide bonds. The van der Waals surface area contributed by atoms with Crippen molar-refractivity contribution in [2.75, 3.05) is 13.7 Å². The minimum absolute atomic E-state index is 0.207. The van der Waals surface area contributed by atoms with Gasteiger partial charge in [0.15, 0.2) is 0 Å². The summed E-state index contributed by atoms with van der Waals surface area (Å²) in [7, 11) is 1.62. The molecule has 0 unspecified atom stereocenters. The molecule has 0 saturated carbocycles. The van der Waals surface area contributed by atoms with Crippen LogP contribution in [0.3, 0.4) is 0 Å². The summed E-state index contributed by atoms with van der Waals surface area (Å²) in [5.74, 6) is 1.61. The molecule has 23 heavy (non-hydrogen) atoms. The van der Waals surface area contributed by atoms with E-state index in [9.17, 15) is 4.79 Å². The van der Waals surface area contributed by atoms with Crippen LogP contribution in [-0.4, -0.2) is 19.7 Å². The summed E-state index contributed by atoms with van der Waals surface area (Å²) >= 11 is 0. The van der Waals surface area contributed by atoms with Crippen LogP contribution < -0.4 is 20.1 Å². The lowest BCUT2D eigenvalue weighted by Gasteiger charge is -2.09. The van der Waals surface area contributed by atoms with Gasteiger partial charge in [-0.2, -0.15) is 0 Å². The van der Waals surface area contributed by atoms with Crippen molar-refractivity contribution in [3.63, 3.8) is 0 Å². The van der Waals surface area contributed by atoms with Crippen LogP contribution in [0.15, 0.2) is 48.5 Å². The first-order valence-corrected chi connectivity index (χ1v) is 7.57. The van der Waals surface area contributed by atoms with E-state index in [1.807, 2.05) is 55.5 Å². The van der Waals surface area contributed by atoms with Gasteiger partial charge in [-0.25, -0.2) is 4.79 Å². The molecule has 2 aromatic carbocycles.